The summed E-state index contributed by atoms with van der Waals surface area (Å²) in [6.45, 7) is 2.35. The molecule has 3 rings (SSSR count). The van der Waals surface area contributed by atoms with Gasteiger partial charge in [0, 0.05) is 31.7 Å². The van der Waals surface area contributed by atoms with E-state index in [1.165, 1.54) is 12.4 Å². The van der Waals surface area contributed by atoms with Gasteiger partial charge >= 0.3 is 5.97 Å². The Kier molecular flexibility index (Phi) is 4.78. The second-order valence-electron chi connectivity index (χ2n) is 5.57. The Labute approximate surface area is 144 Å². The number of nitrogens with zero attached hydrogens (tertiary/aromatic N) is 4. The summed E-state index contributed by atoms with van der Waals surface area (Å²) in [5.74, 6) is 0.204. The summed E-state index contributed by atoms with van der Waals surface area (Å²) >= 11 is 0. The molecule has 1 aromatic heterocycles. The van der Waals surface area contributed by atoms with Gasteiger partial charge in [0.25, 0.3) is 5.91 Å². The van der Waals surface area contributed by atoms with Crippen molar-refractivity contribution in [2.45, 2.75) is 0 Å². The molecule has 1 aliphatic rings. The van der Waals surface area contributed by atoms with Crippen LogP contribution in [-0.4, -0.2) is 65.1 Å². The molecular weight excluding hydrogens is 324 g/mol. The van der Waals surface area contributed by atoms with E-state index in [9.17, 15) is 9.59 Å². The molecule has 8 nitrogen and oxygen atoms in total. The first kappa shape index (κ1) is 16.7. The van der Waals surface area contributed by atoms with E-state index in [2.05, 4.69) is 9.97 Å². The van der Waals surface area contributed by atoms with Crippen molar-refractivity contribution in [3.05, 3.63) is 47.9 Å². The molecule has 2 aromatic rings. The first-order valence-electron chi connectivity index (χ1n) is 7.82. The number of carboxylic acids is 1. The number of carbonyl (C=O) groups is 2. The van der Waals surface area contributed by atoms with Crippen molar-refractivity contribution >= 4 is 17.7 Å². The Hall–Kier alpha value is -3.16. The van der Waals surface area contributed by atoms with Crippen LogP contribution in [0.4, 0.5) is 5.82 Å². The number of aromatic nitrogens is 2. The molecule has 1 fully saturated rings. The molecule has 1 amide bonds. The third kappa shape index (κ3) is 3.68. The third-order valence-electron chi connectivity index (χ3n) is 4.09. The number of rotatable bonds is 4. The molecule has 1 saturated heterocycles. The second-order valence-corrected chi connectivity index (χ2v) is 5.57. The lowest BCUT2D eigenvalue weighted by atomic mass is 10.1. The largest absolute Gasteiger partial charge is 0.497 e. The highest BCUT2D eigenvalue weighted by atomic mass is 16.5. The van der Waals surface area contributed by atoms with Gasteiger partial charge < -0.3 is 19.6 Å². The van der Waals surface area contributed by atoms with Gasteiger partial charge in [-0.3, -0.25) is 4.79 Å². The molecule has 2 heterocycles. The number of ether oxygens (including phenoxy) is 1. The topological polar surface area (TPSA) is 95.9 Å². The van der Waals surface area contributed by atoms with Crippen molar-refractivity contribution in [3.63, 3.8) is 0 Å². The zero-order valence-electron chi connectivity index (χ0n) is 13.8. The predicted octanol–water partition coefficient (Wildman–Crippen LogP) is 1.15. The highest BCUT2D eigenvalue weighted by Gasteiger charge is 2.23. The zero-order chi connectivity index (χ0) is 17.8. The Morgan fingerprint density at radius 2 is 1.72 bits per heavy atom. The first-order chi connectivity index (χ1) is 12.1. The number of piperazine rings is 1. The lowest BCUT2D eigenvalue weighted by Gasteiger charge is -2.35. The molecule has 0 bridgehead atoms. The van der Waals surface area contributed by atoms with E-state index in [4.69, 9.17) is 9.84 Å². The van der Waals surface area contributed by atoms with Crippen molar-refractivity contribution in [1.29, 1.82) is 0 Å². The summed E-state index contributed by atoms with van der Waals surface area (Å²) < 4.78 is 5.10. The molecule has 1 aliphatic heterocycles. The van der Waals surface area contributed by atoms with Crippen molar-refractivity contribution < 1.29 is 19.4 Å². The molecule has 130 valence electrons. The van der Waals surface area contributed by atoms with Crippen molar-refractivity contribution in [1.82, 2.24) is 14.9 Å². The number of aromatic carboxylic acids is 1. The van der Waals surface area contributed by atoms with Crippen LogP contribution in [-0.2, 0) is 0 Å². The Morgan fingerprint density at radius 1 is 1.04 bits per heavy atom. The van der Waals surface area contributed by atoms with E-state index in [0.29, 0.717) is 43.3 Å². The normalized spacial score (nSPS) is 14.3. The fourth-order valence-electron chi connectivity index (χ4n) is 2.65. The van der Waals surface area contributed by atoms with Gasteiger partial charge in [-0.1, -0.05) is 0 Å². The van der Waals surface area contributed by atoms with Gasteiger partial charge in [0.15, 0.2) is 5.69 Å². The van der Waals surface area contributed by atoms with Gasteiger partial charge in [-0.05, 0) is 24.3 Å². The smallest absolute Gasteiger partial charge is 0.356 e. The van der Waals surface area contributed by atoms with E-state index in [-0.39, 0.29) is 11.6 Å². The van der Waals surface area contributed by atoms with Gasteiger partial charge in [0.1, 0.15) is 11.6 Å². The van der Waals surface area contributed by atoms with E-state index in [1.807, 2.05) is 4.90 Å². The van der Waals surface area contributed by atoms with Crippen molar-refractivity contribution in [2.24, 2.45) is 0 Å². The van der Waals surface area contributed by atoms with Gasteiger partial charge in [0.05, 0.1) is 19.5 Å². The molecule has 8 heteroatoms. The summed E-state index contributed by atoms with van der Waals surface area (Å²) in [6, 6.07) is 7.04. The number of anilines is 1. The molecule has 0 atom stereocenters. The number of benzene rings is 1. The van der Waals surface area contributed by atoms with Gasteiger partial charge in [0.2, 0.25) is 0 Å². The Bertz CT molecular complexity index is 753. The SMILES string of the molecule is COc1ccc(C(=O)N2CCN(c3cnc(C(=O)O)cn3)CC2)cc1. The third-order valence-corrected chi connectivity index (χ3v) is 4.09. The molecule has 0 spiro atoms. The molecule has 1 aromatic carbocycles. The maximum atomic E-state index is 12.5. The van der Waals surface area contributed by atoms with E-state index >= 15 is 0 Å². The molecule has 1 N–H and O–H groups in total. The average molecular weight is 342 g/mol. The minimum atomic E-state index is -1.10. The van der Waals surface area contributed by atoms with E-state index in [1.54, 1.807) is 36.3 Å². The van der Waals surface area contributed by atoms with Crippen molar-refractivity contribution in [3.8, 4) is 5.75 Å². The van der Waals surface area contributed by atoms with Crippen LogP contribution in [0, 0.1) is 0 Å². The lowest BCUT2D eigenvalue weighted by molar-refractivity contribution is 0.0688. The fraction of sp³-hybridized carbons (Fsp3) is 0.294. The lowest BCUT2D eigenvalue weighted by Crippen LogP contribution is -2.49. The number of carbonyl (C=O) groups excluding carboxylic acids is 1. The van der Waals surface area contributed by atoms with Gasteiger partial charge in [-0.25, -0.2) is 14.8 Å². The van der Waals surface area contributed by atoms with Crippen LogP contribution in [0.2, 0.25) is 0 Å². The Balaban J connectivity index is 1.60. The van der Waals surface area contributed by atoms with Crippen LogP contribution in [0.25, 0.3) is 0 Å². The number of carboxylic acid groups (broad SMARTS) is 1. The summed E-state index contributed by atoms with van der Waals surface area (Å²) in [5, 5.41) is 8.85. The molecule has 25 heavy (non-hydrogen) atoms. The average Bonchev–Trinajstić information content (AvgIpc) is 2.67. The summed E-state index contributed by atoms with van der Waals surface area (Å²) in [7, 11) is 1.59. The summed E-state index contributed by atoms with van der Waals surface area (Å²) in [6.07, 6.45) is 2.69. The zero-order valence-corrected chi connectivity index (χ0v) is 13.8. The molecule has 0 radical (unpaired) electrons. The summed E-state index contributed by atoms with van der Waals surface area (Å²) in [4.78, 5) is 35.1. The number of hydrogen-bond acceptors (Lipinski definition) is 6. The standard InChI is InChI=1S/C17H18N4O4/c1-25-13-4-2-12(3-5-13)16(22)21-8-6-20(7-9-21)15-11-18-14(10-19-15)17(23)24/h2-5,10-11H,6-9H2,1H3,(H,23,24). The number of hydrogen-bond donors (Lipinski definition) is 1. The van der Waals surface area contributed by atoms with Crippen LogP contribution in [0.5, 0.6) is 5.75 Å². The van der Waals surface area contributed by atoms with Crippen molar-refractivity contribution in [2.75, 3.05) is 38.2 Å². The van der Waals surface area contributed by atoms with Crippen LogP contribution in [0.15, 0.2) is 36.7 Å². The predicted molar refractivity (Wildman–Crippen MR) is 90.1 cm³/mol. The van der Waals surface area contributed by atoms with Gasteiger partial charge in [-0.2, -0.15) is 0 Å². The monoisotopic (exact) mass is 342 g/mol. The first-order valence-corrected chi connectivity index (χ1v) is 7.82. The maximum absolute atomic E-state index is 12.5. The van der Waals surface area contributed by atoms with Crippen LogP contribution in [0.1, 0.15) is 20.8 Å². The number of amides is 1. The minimum Gasteiger partial charge on any atom is -0.497 e. The second kappa shape index (κ2) is 7.16. The van der Waals surface area contributed by atoms with Crippen LogP contribution in [0.3, 0.4) is 0 Å². The quantitative estimate of drug-likeness (QED) is 0.890. The molecular formula is C17H18N4O4. The highest BCUT2D eigenvalue weighted by molar-refractivity contribution is 5.94. The minimum absolute atomic E-state index is 0.0189. The molecule has 0 aliphatic carbocycles. The Morgan fingerprint density at radius 3 is 2.24 bits per heavy atom. The maximum Gasteiger partial charge on any atom is 0.356 e. The van der Waals surface area contributed by atoms with Crippen LogP contribution >= 0.6 is 0 Å². The van der Waals surface area contributed by atoms with Gasteiger partial charge in [-0.15, -0.1) is 0 Å². The number of methoxy groups -OCH3 is 1. The van der Waals surface area contributed by atoms with E-state index in [0.717, 1.165) is 0 Å². The highest BCUT2D eigenvalue weighted by Crippen LogP contribution is 2.16. The molecule has 0 saturated carbocycles. The summed E-state index contributed by atoms with van der Waals surface area (Å²) in [5.41, 5.74) is 0.539. The van der Waals surface area contributed by atoms with Crippen LogP contribution < -0.4 is 9.64 Å². The molecule has 0 unspecified atom stereocenters. The fourth-order valence-corrected chi connectivity index (χ4v) is 2.65. The van der Waals surface area contributed by atoms with E-state index < -0.39 is 5.97 Å².